The van der Waals surface area contributed by atoms with E-state index in [0.29, 0.717) is 17.0 Å². The summed E-state index contributed by atoms with van der Waals surface area (Å²) in [5.74, 6) is -0.0435. The summed E-state index contributed by atoms with van der Waals surface area (Å²) >= 11 is 0. The van der Waals surface area contributed by atoms with Crippen molar-refractivity contribution in [3.05, 3.63) is 71.4 Å². The quantitative estimate of drug-likeness (QED) is 0.685. The molecule has 1 aliphatic rings. The van der Waals surface area contributed by atoms with Crippen molar-refractivity contribution in [1.82, 2.24) is 15.5 Å². The number of carbonyl (C=O) groups is 1. The van der Waals surface area contributed by atoms with E-state index in [0.717, 1.165) is 19.3 Å². The SMILES string of the molecule is O=C(N[C@H]1CCCc2ccccc21)c1cc(-c2ccccc2O)n[nH]1. The van der Waals surface area contributed by atoms with E-state index in [2.05, 4.69) is 27.6 Å². The topological polar surface area (TPSA) is 78.0 Å². The summed E-state index contributed by atoms with van der Waals surface area (Å²) < 4.78 is 0. The number of aromatic amines is 1. The standard InChI is InChI=1S/C20H19N3O2/c24-19-11-4-3-9-15(19)17-12-18(23-22-17)20(25)21-16-10-5-7-13-6-1-2-8-14(13)16/h1-4,6,8-9,11-12,16,24H,5,7,10H2,(H,21,25)(H,22,23)/t16-/m0/s1. The molecule has 1 aromatic heterocycles. The van der Waals surface area contributed by atoms with E-state index < -0.39 is 0 Å². The molecule has 1 atom stereocenters. The average Bonchev–Trinajstić information content (AvgIpc) is 3.12. The molecule has 126 valence electrons. The first-order valence-corrected chi connectivity index (χ1v) is 8.45. The molecule has 3 N–H and O–H groups in total. The first kappa shape index (κ1) is 15.4. The van der Waals surface area contributed by atoms with Gasteiger partial charge in [0, 0.05) is 5.56 Å². The lowest BCUT2D eigenvalue weighted by atomic mass is 9.87. The van der Waals surface area contributed by atoms with E-state index >= 15 is 0 Å². The predicted octanol–water partition coefficient (Wildman–Crippen LogP) is 3.59. The van der Waals surface area contributed by atoms with Crippen LogP contribution in [0.4, 0.5) is 0 Å². The van der Waals surface area contributed by atoms with E-state index in [1.165, 1.54) is 11.1 Å². The maximum atomic E-state index is 12.6. The van der Waals surface area contributed by atoms with Gasteiger partial charge in [-0.05, 0) is 48.6 Å². The maximum Gasteiger partial charge on any atom is 0.269 e. The van der Waals surface area contributed by atoms with Crippen LogP contribution in [0, 0.1) is 0 Å². The molecule has 1 heterocycles. The van der Waals surface area contributed by atoms with Crippen molar-refractivity contribution in [3.63, 3.8) is 0 Å². The van der Waals surface area contributed by atoms with Gasteiger partial charge in [0.05, 0.1) is 11.7 Å². The van der Waals surface area contributed by atoms with Gasteiger partial charge in [0.15, 0.2) is 0 Å². The number of amides is 1. The first-order chi connectivity index (χ1) is 12.2. The number of hydrogen-bond acceptors (Lipinski definition) is 3. The fourth-order valence-corrected chi connectivity index (χ4v) is 3.41. The number of aryl methyl sites for hydroxylation is 1. The van der Waals surface area contributed by atoms with E-state index in [-0.39, 0.29) is 17.7 Å². The Kier molecular flexibility index (Phi) is 3.98. The van der Waals surface area contributed by atoms with E-state index in [1.54, 1.807) is 24.3 Å². The summed E-state index contributed by atoms with van der Waals surface area (Å²) in [5.41, 5.74) is 4.04. The Morgan fingerprint density at radius 3 is 2.84 bits per heavy atom. The van der Waals surface area contributed by atoms with Crippen LogP contribution in [0.15, 0.2) is 54.6 Å². The van der Waals surface area contributed by atoms with Crippen LogP contribution in [0.3, 0.4) is 0 Å². The molecule has 0 bridgehead atoms. The molecule has 0 radical (unpaired) electrons. The summed E-state index contributed by atoms with van der Waals surface area (Å²) in [6.07, 6.45) is 3.06. The van der Waals surface area contributed by atoms with Gasteiger partial charge in [0.2, 0.25) is 0 Å². The van der Waals surface area contributed by atoms with Gasteiger partial charge >= 0.3 is 0 Å². The van der Waals surface area contributed by atoms with Crippen molar-refractivity contribution in [3.8, 4) is 17.0 Å². The van der Waals surface area contributed by atoms with Gasteiger partial charge in [0.1, 0.15) is 11.4 Å². The minimum absolute atomic E-state index is 0.0225. The highest BCUT2D eigenvalue weighted by molar-refractivity contribution is 5.93. The molecule has 0 saturated carbocycles. The van der Waals surface area contributed by atoms with Crippen molar-refractivity contribution in [1.29, 1.82) is 0 Å². The number of nitrogens with zero attached hydrogens (tertiary/aromatic N) is 1. The van der Waals surface area contributed by atoms with Gasteiger partial charge in [-0.2, -0.15) is 5.10 Å². The monoisotopic (exact) mass is 333 g/mol. The number of fused-ring (bicyclic) bond motifs is 1. The van der Waals surface area contributed by atoms with Gasteiger partial charge in [-0.25, -0.2) is 0 Å². The Morgan fingerprint density at radius 1 is 1.16 bits per heavy atom. The minimum Gasteiger partial charge on any atom is -0.507 e. The zero-order valence-corrected chi connectivity index (χ0v) is 13.7. The zero-order valence-electron chi connectivity index (χ0n) is 13.7. The molecule has 1 aliphatic carbocycles. The van der Waals surface area contributed by atoms with Crippen LogP contribution >= 0.6 is 0 Å². The number of rotatable bonds is 3. The Balaban J connectivity index is 1.54. The van der Waals surface area contributed by atoms with Crippen LogP contribution in [0.5, 0.6) is 5.75 Å². The predicted molar refractivity (Wildman–Crippen MR) is 95.3 cm³/mol. The summed E-state index contributed by atoms with van der Waals surface area (Å²) in [4.78, 5) is 12.6. The van der Waals surface area contributed by atoms with E-state index in [4.69, 9.17) is 0 Å². The summed E-state index contributed by atoms with van der Waals surface area (Å²) in [5, 5.41) is 20.0. The van der Waals surface area contributed by atoms with Gasteiger partial charge in [-0.3, -0.25) is 9.89 Å². The fraction of sp³-hybridized carbons (Fsp3) is 0.200. The van der Waals surface area contributed by atoms with Crippen LogP contribution < -0.4 is 5.32 Å². The number of aromatic nitrogens is 2. The third-order valence-electron chi connectivity index (χ3n) is 4.68. The molecule has 5 nitrogen and oxygen atoms in total. The van der Waals surface area contributed by atoms with E-state index in [9.17, 15) is 9.90 Å². The highest BCUT2D eigenvalue weighted by atomic mass is 16.3. The number of nitrogens with one attached hydrogen (secondary N) is 2. The van der Waals surface area contributed by atoms with Gasteiger partial charge in [0.25, 0.3) is 5.91 Å². The molecule has 2 aromatic carbocycles. The van der Waals surface area contributed by atoms with Crippen LogP contribution in [0.1, 0.15) is 40.5 Å². The highest BCUT2D eigenvalue weighted by Gasteiger charge is 2.23. The van der Waals surface area contributed by atoms with Gasteiger partial charge in [-0.15, -0.1) is 0 Å². The number of carbonyl (C=O) groups excluding carboxylic acids is 1. The van der Waals surface area contributed by atoms with Crippen LogP contribution in [-0.4, -0.2) is 21.2 Å². The maximum absolute atomic E-state index is 12.6. The Hall–Kier alpha value is -3.08. The van der Waals surface area contributed by atoms with Gasteiger partial charge < -0.3 is 10.4 Å². The van der Waals surface area contributed by atoms with Crippen molar-refractivity contribution < 1.29 is 9.90 Å². The molecule has 5 heteroatoms. The second-order valence-corrected chi connectivity index (χ2v) is 6.30. The lowest BCUT2D eigenvalue weighted by Crippen LogP contribution is -2.31. The molecule has 0 aliphatic heterocycles. The fourth-order valence-electron chi connectivity index (χ4n) is 3.41. The van der Waals surface area contributed by atoms with Crippen LogP contribution in [0.25, 0.3) is 11.3 Å². The number of H-pyrrole nitrogens is 1. The molecule has 25 heavy (non-hydrogen) atoms. The molecule has 0 spiro atoms. The largest absolute Gasteiger partial charge is 0.507 e. The molecular formula is C20H19N3O2. The number of benzene rings is 2. The zero-order chi connectivity index (χ0) is 17.2. The van der Waals surface area contributed by atoms with Crippen molar-refractivity contribution in [2.75, 3.05) is 0 Å². The molecular weight excluding hydrogens is 314 g/mol. The van der Waals surface area contributed by atoms with Crippen LogP contribution in [0.2, 0.25) is 0 Å². The highest BCUT2D eigenvalue weighted by Crippen LogP contribution is 2.30. The molecule has 3 aromatic rings. The number of aromatic hydroxyl groups is 1. The molecule has 4 rings (SSSR count). The van der Waals surface area contributed by atoms with E-state index in [1.807, 2.05) is 18.2 Å². The van der Waals surface area contributed by atoms with Crippen molar-refractivity contribution in [2.45, 2.75) is 25.3 Å². The molecule has 0 fully saturated rings. The Morgan fingerprint density at radius 2 is 1.96 bits per heavy atom. The average molecular weight is 333 g/mol. The second-order valence-electron chi connectivity index (χ2n) is 6.30. The van der Waals surface area contributed by atoms with Gasteiger partial charge in [-0.1, -0.05) is 36.4 Å². The van der Waals surface area contributed by atoms with Crippen LogP contribution in [-0.2, 0) is 6.42 Å². The Labute approximate surface area is 145 Å². The van der Waals surface area contributed by atoms with Crippen molar-refractivity contribution >= 4 is 5.91 Å². The number of para-hydroxylation sites is 1. The Bertz CT molecular complexity index is 917. The first-order valence-electron chi connectivity index (χ1n) is 8.45. The summed E-state index contributed by atoms with van der Waals surface area (Å²) in [6.45, 7) is 0. The lowest BCUT2D eigenvalue weighted by Gasteiger charge is -2.26. The lowest BCUT2D eigenvalue weighted by molar-refractivity contribution is 0.0927. The summed E-state index contributed by atoms with van der Waals surface area (Å²) in [7, 11) is 0. The third-order valence-corrected chi connectivity index (χ3v) is 4.68. The normalized spacial score (nSPS) is 16.2. The smallest absolute Gasteiger partial charge is 0.269 e. The number of phenolic OH excluding ortho intramolecular Hbond substituents is 1. The summed E-state index contributed by atoms with van der Waals surface area (Å²) in [6, 6.07) is 16.9. The third kappa shape index (κ3) is 3.01. The molecule has 0 unspecified atom stereocenters. The number of phenols is 1. The molecule has 1 amide bonds. The minimum atomic E-state index is -0.184. The second kappa shape index (κ2) is 6.43. The van der Waals surface area contributed by atoms with Crippen molar-refractivity contribution in [2.24, 2.45) is 0 Å². The number of hydrogen-bond donors (Lipinski definition) is 3. The molecule has 0 saturated heterocycles.